The van der Waals surface area contributed by atoms with Crippen LogP contribution in [0.1, 0.15) is 47.0 Å². The number of ether oxygens (including phenoxy) is 1. The number of hydrazone groups is 1. The molecule has 1 saturated carbocycles. The van der Waals surface area contributed by atoms with Gasteiger partial charge in [-0.1, -0.05) is 6.92 Å². The van der Waals surface area contributed by atoms with Crippen molar-refractivity contribution in [1.82, 2.24) is 9.91 Å². The second-order valence-corrected chi connectivity index (χ2v) is 7.44. The Morgan fingerprint density at radius 2 is 2.05 bits per heavy atom. The molecule has 118 valence electrons. The Labute approximate surface area is 126 Å². The van der Waals surface area contributed by atoms with Gasteiger partial charge in [0.2, 0.25) is 5.91 Å². The molecule has 2 rings (SSSR count). The Balaban J connectivity index is 1.89. The standard InChI is InChI=1S/C15H25N3O3/c1-14(2,3)21-13(20)17(5)9-11-8-12(19)18(16-11)10-15(4)6-7-15/h6-10H2,1-5H3. The molecule has 1 fully saturated rings. The molecular weight excluding hydrogens is 270 g/mol. The highest BCUT2D eigenvalue weighted by Crippen LogP contribution is 2.45. The summed E-state index contributed by atoms with van der Waals surface area (Å²) in [5.41, 5.74) is 0.439. The Morgan fingerprint density at radius 3 is 2.57 bits per heavy atom. The highest BCUT2D eigenvalue weighted by atomic mass is 16.6. The van der Waals surface area contributed by atoms with Gasteiger partial charge in [-0.15, -0.1) is 0 Å². The average molecular weight is 295 g/mol. The molecule has 21 heavy (non-hydrogen) atoms. The minimum Gasteiger partial charge on any atom is -0.444 e. The third-order valence-electron chi connectivity index (χ3n) is 3.67. The van der Waals surface area contributed by atoms with Crippen LogP contribution in [0.25, 0.3) is 0 Å². The van der Waals surface area contributed by atoms with Gasteiger partial charge in [0.1, 0.15) is 5.60 Å². The fourth-order valence-electron chi connectivity index (χ4n) is 2.15. The number of carbonyl (C=O) groups is 2. The van der Waals surface area contributed by atoms with Crippen molar-refractivity contribution < 1.29 is 14.3 Å². The fourth-order valence-corrected chi connectivity index (χ4v) is 2.15. The van der Waals surface area contributed by atoms with Gasteiger partial charge in [-0.2, -0.15) is 5.10 Å². The van der Waals surface area contributed by atoms with E-state index in [2.05, 4.69) is 12.0 Å². The molecule has 1 aliphatic heterocycles. The lowest BCUT2D eigenvalue weighted by Crippen LogP contribution is -2.37. The summed E-state index contributed by atoms with van der Waals surface area (Å²) in [5, 5.41) is 5.93. The highest BCUT2D eigenvalue weighted by Gasteiger charge is 2.41. The molecular formula is C15H25N3O3. The lowest BCUT2D eigenvalue weighted by molar-refractivity contribution is -0.129. The molecule has 6 heteroatoms. The zero-order valence-electron chi connectivity index (χ0n) is 13.6. The summed E-state index contributed by atoms with van der Waals surface area (Å²) in [6.45, 7) is 8.66. The van der Waals surface area contributed by atoms with Crippen molar-refractivity contribution in [3.63, 3.8) is 0 Å². The van der Waals surface area contributed by atoms with Crippen molar-refractivity contribution in [3.05, 3.63) is 0 Å². The van der Waals surface area contributed by atoms with Gasteiger partial charge in [0.05, 0.1) is 18.7 Å². The van der Waals surface area contributed by atoms with Crippen LogP contribution in [0.3, 0.4) is 0 Å². The highest BCUT2D eigenvalue weighted by molar-refractivity contribution is 6.06. The smallest absolute Gasteiger partial charge is 0.410 e. The van der Waals surface area contributed by atoms with Gasteiger partial charge >= 0.3 is 6.09 Å². The predicted octanol–water partition coefficient (Wildman–Crippen LogP) is 2.24. The van der Waals surface area contributed by atoms with Crippen molar-refractivity contribution in [3.8, 4) is 0 Å². The molecule has 0 aromatic heterocycles. The zero-order chi connectivity index (χ0) is 15.8. The van der Waals surface area contributed by atoms with E-state index in [9.17, 15) is 9.59 Å². The minimum atomic E-state index is -0.523. The van der Waals surface area contributed by atoms with Crippen LogP contribution < -0.4 is 0 Å². The summed E-state index contributed by atoms with van der Waals surface area (Å²) < 4.78 is 5.29. The van der Waals surface area contributed by atoms with E-state index in [0.717, 1.165) is 18.6 Å². The molecule has 0 aromatic carbocycles. The second-order valence-electron chi connectivity index (χ2n) is 7.44. The van der Waals surface area contributed by atoms with E-state index in [1.807, 2.05) is 20.8 Å². The van der Waals surface area contributed by atoms with E-state index in [-0.39, 0.29) is 11.3 Å². The molecule has 0 radical (unpaired) electrons. The maximum Gasteiger partial charge on any atom is 0.410 e. The molecule has 1 heterocycles. The Bertz CT molecular complexity index is 475. The molecule has 2 amide bonds. The third kappa shape index (κ3) is 4.44. The van der Waals surface area contributed by atoms with Crippen molar-refractivity contribution in [2.75, 3.05) is 20.1 Å². The fraction of sp³-hybridized carbons (Fsp3) is 0.800. The summed E-state index contributed by atoms with van der Waals surface area (Å²) in [4.78, 5) is 25.3. The lowest BCUT2D eigenvalue weighted by Gasteiger charge is -2.24. The largest absolute Gasteiger partial charge is 0.444 e. The summed E-state index contributed by atoms with van der Waals surface area (Å²) >= 11 is 0. The van der Waals surface area contributed by atoms with Crippen molar-refractivity contribution in [1.29, 1.82) is 0 Å². The molecule has 0 bridgehead atoms. The van der Waals surface area contributed by atoms with Gasteiger partial charge in [-0.25, -0.2) is 9.80 Å². The van der Waals surface area contributed by atoms with Crippen LogP contribution in [-0.4, -0.2) is 53.4 Å². The monoisotopic (exact) mass is 295 g/mol. The quantitative estimate of drug-likeness (QED) is 0.799. The van der Waals surface area contributed by atoms with Crippen molar-refractivity contribution >= 4 is 17.7 Å². The van der Waals surface area contributed by atoms with Gasteiger partial charge in [-0.3, -0.25) is 4.79 Å². The summed E-state index contributed by atoms with van der Waals surface area (Å²) in [6, 6.07) is 0. The number of hydrogen-bond donors (Lipinski definition) is 0. The first-order chi connectivity index (χ1) is 9.58. The van der Waals surface area contributed by atoms with Crippen LogP contribution in [0, 0.1) is 5.41 Å². The van der Waals surface area contributed by atoms with Crippen LogP contribution in [0.5, 0.6) is 0 Å². The molecule has 0 saturated heterocycles. The molecule has 2 aliphatic rings. The molecule has 6 nitrogen and oxygen atoms in total. The van der Waals surface area contributed by atoms with E-state index < -0.39 is 11.7 Å². The maximum atomic E-state index is 11.9. The third-order valence-corrected chi connectivity index (χ3v) is 3.67. The first kappa shape index (κ1) is 15.8. The first-order valence-corrected chi connectivity index (χ1v) is 7.39. The average Bonchev–Trinajstić information content (AvgIpc) is 2.93. The number of carbonyl (C=O) groups excluding carboxylic acids is 2. The minimum absolute atomic E-state index is 0.0238. The van der Waals surface area contributed by atoms with Crippen molar-refractivity contribution in [2.24, 2.45) is 10.5 Å². The van der Waals surface area contributed by atoms with Gasteiger partial charge in [0.15, 0.2) is 0 Å². The first-order valence-electron chi connectivity index (χ1n) is 7.39. The second kappa shape index (κ2) is 5.31. The van der Waals surface area contributed by atoms with Crippen LogP contribution in [0.2, 0.25) is 0 Å². The molecule has 0 N–H and O–H groups in total. The van der Waals surface area contributed by atoms with Crippen LogP contribution >= 0.6 is 0 Å². The summed E-state index contributed by atoms with van der Waals surface area (Å²) in [6.07, 6.45) is 2.20. The van der Waals surface area contributed by atoms with E-state index in [0.29, 0.717) is 19.5 Å². The molecule has 0 spiro atoms. The Hall–Kier alpha value is -1.59. The normalized spacial score (nSPS) is 20.3. The number of hydrogen-bond acceptors (Lipinski definition) is 4. The van der Waals surface area contributed by atoms with E-state index in [1.165, 1.54) is 4.90 Å². The van der Waals surface area contributed by atoms with Crippen LogP contribution in [-0.2, 0) is 9.53 Å². The molecule has 0 atom stereocenters. The number of rotatable bonds is 4. The van der Waals surface area contributed by atoms with Crippen molar-refractivity contribution in [2.45, 2.75) is 52.6 Å². The van der Waals surface area contributed by atoms with E-state index in [1.54, 1.807) is 12.1 Å². The van der Waals surface area contributed by atoms with Crippen LogP contribution in [0.15, 0.2) is 5.10 Å². The zero-order valence-corrected chi connectivity index (χ0v) is 13.6. The SMILES string of the molecule is CN(CC1=NN(CC2(C)CC2)C(=O)C1)C(=O)OC(C)(C)C. The lowest BCUT2D eigenvalue weighted by atomic mass is 10.1. The Kier molecular flexibility index (Phi) is 4.00. The number of amides is 2. The van der Waals surface area contributed by atoms with Gasteiger partial charge in [-0.05, 0) is 39.0 Å². The van der Waals surface area contributed by atoms with Gasteiger partial charge < -0.3 is 9.64 Å². The summed E-state index contributed by atoms with van der Waals surface area (Å²) in [5.74, 6) is 0.0238. The molecule has 1 aliphatic carbocycles. The van der Waals surface area contributed by atoms with Gasteiger partial charge in [0, 0.05) is 13.6 Å². The number of nitrogens with zero attached hydrogens (tertiary/aromatic N) is 3. The topological polar surface area (TPSA) is 62.2 Å². The van der Waals surface area contributed by atoms with Gasteiger partial charge in [0.25, 0.3) is 0 Å². The van der Waals surface area contributed by atoms with Crippen LogP contribution in [0.4, 0.5) is 4.79 Å². The molecule has 0 unspecified atom stereocenters. The van der Waals surface area contributed by atoms with E-state index >= 15 is 0 Å². The summed E-state index contributed by atoms with van der Waals surface area (Å²) in [7, 11) is 1.66. The van der Waals surface area contributed by atoms with E-state index in [4.69, 9.17) is 4.74 Å². The maximum absolute atomic E-state index is 11.9. The predicted molar refractivity (Wildman–Crippen MR) is 80.0 cm³/mol. The molecule has 0 aromatic rings. The Morgan fingerprint density at radius 1 is 1.43 bits per heavy atom.